The highest BCUT2D eigenvalue weighted by Gasteiger charge is 2.19. The van der Waals surface area contributed by atoms with Crippen LogP contribution in [0.4, 0.5) is 0 Å². The summed E-state index contributed by atoms with van der Waals surface area (Å²) in [4.78, 5) is 16.4. The van der Waals surface area contributed by atoms with Crippen LogP contribution in [0.15, 0.2) is 36.4 Å². The van der Waals surface area contributed by atoms with Gasteiger partial charge >= 0.3 is 0 Å². The average Bonchev–Trinajstić information content (AvgIpc) is 2.45. The summed E-state index contributed by atoms with van der Waals surface area (Å²) in [7, 11) is -0.968. The molecule has 0 saturated heterocycles. The Balaban J connectivity index is 1.98. The predicted octanol–water partition coefficient (Wildman–Crippen LogP) is 2.51. The Hall–Kier alpha value is -1.75. The van der Waals surface area contributed by atoms with Gasteiger partial charge in [-0.2, -0.15) is 0 Å². The van der Waals surface area contributed by atoms with Crippen LogP contribution < -0.4 is 5.32 Å². The molecule has 2 aromatic rings. The molecule has 1 heterocycles. The predicted molar refractivity (Wildman–Crippen MR) is 86.8 cm³/mol. The van der Waals surface area contributed by atoms with Gasteiger partial charge in [0.1, 0.15) is 5.69 Å². The summed E-state index contributed by atoms with van der Waals surface area (Å²) in [6.45, 7) is 6.17. The van der Waals surface area contributed by atoms with E-state index in [9.17, 15) is 9.00 Å². The van der Waals surface area contributed by atoms with E-state index in [2.05, 4.69) is 10.3 Å². The maximum Gasteiger partial charge on any atom is 0.269 e. The molecule has 0 bridgehead atoms. The minimum atomic E-state index is -0.968. The fraction of sp³-hybridized carbons (Fsp3) is 0.375. The van der Waals surface area contributed by atoms with Crippen molar-refractivity contribution in [2.45, 2.75) is 25.5 Å². The lowest BCUT2D eigenvalue weighted by atomic mass is 10.2. The van der Waals surface area contributed by atoms with Crippen LogP contribution in [0.3, 0.4) is 0 Å². The van der Waals surface area contributed by atoms with E-state index >= 15 is 0 Å². The highest BCUT2D eigenvalue weighted by Crippen LogP contribution is 2.12. The van der Waals surface area contributed by atoms with E-state index in [1.165, 1.54) is 0 Å². The normalized spacial score (nSPS) is 13.1. The van der Waals surface area contributed by atoms with Crippen molar-refractivity contribution >= 4 is 27.6 Å². The van der Waals surface area contributed by atoms with Crippen LogP contribution in [0, 0.1) is 0 Å². The summed E-state index contributed by atoms with van der Waals surface area (Å²) in [6, 6.07) is 11.2. The molecule has 1 N–H and O–H groups in total. The zero-order valence-electron chi connectivity index (χ0n) is 12.6. The van der Waals surface area contributed by atoms with Gasteiger partial charge in [-0.15, -0.1) is 0 Å². The number of hydrogen-bond acceptors (Lipinski definition) is 3. The first-order chi connectivity index (χ1) is 9.88. The molecule has 0 aliphatic carbocycles. The van der Waals surface area contributed by atoms with Crippen LogP contribution in [0.25, 0.3) is 10.9 Å². The number of rotatable bonds is 4. The summed E-state index contributed by atoms with van der Waals surface area (Å²) >= 11 is 0. The molecule has 0 spiro atoms. The molecule has 1 aromatic carbocycles. The number of aromatic nitrogens is 1. The first-order valence-corrected chi connectivity index (χ1v) is 8.22. The molecule has 1 amide bonds. The van der Waals surface area contributed by atoms with Crippen LogP contribution >= 0.6 is 0 Å². The topological polar surface area (TPSA) is 59.1 Å². The molecule has 4 nitrogen and oxygen atoms in total. The van der Waals surface area contributed by atoms with Gasteiger partial charge < -0.3 is 5.32 Å². The number of amides is 1. The minimum Gasteiger partial charge on any atom is -0.350 e. The Labute approximate surface area is 127 Å². The Morgan fingerprint density at radius 1 is 1.19 bits per heavy atom. The number of benzene rings is 1. The number of carbonyl (C=O) groups is 1. The molecule has 0 fully saturated rings. The maximum absolute atomic E-state index is 12.0. The fourth-order valence-corrected chi connectivity index (χ4v) is 2.75. The van der Waals surface area contributed by atoms with E-state index < -0.39 is 10.8 Å². The Morgan fingerprint density at radius 2 is 1.90 bits per heavy atom. The van der Waals surface area contributed by atoms with Gasteiger partial charge in [0.2, 0.25) is 0 Å². The molecule has 21 heavy (non-hydrogen) atoms. The summed E-state index contributed by atoms with van der Waals surface area (Å²) in [5.41, 5.74) is 1.18. The summed E-state index contributed by atoms with van der Waals surface area (Å²) in [5.74, 6) is 0.217. The maximum atomic E-state index is 12.0. The average molecular weight is 304 g/mol. The van der Waals surface area contributed by atoms with Gasteiger partial charge in [0.25, 0.3) is 5.91 Å². The molecule has 1 aromatic heterocycles. The van der Waals surface area contributed by atoms with E-state index in [1.807, 2.05) is 51.1 Å². The zero-order chi connectivity index (χ0) is 15.5. The van der Waals surface area contributed by atoms with Gasteiger partial charge in [-0.25, -0.2) is 4.98 Å². The van der Waals surface area contributed by atoms with Crippen LogP contribution in [-0.4, -0.2) is 32.1 Å². The lowest BCUT2D eigenvalue weighted by Gasteiger charge is -2.17. The molecule has 1 unspecified atom stereocenters. The monoisotopic (exact) mass is 304 g/mol. The quantitative estimate of drug-likeness (QED) is 0.944. The second kappa shape index (κ2) is 6.35. The number of hydrogen-bond donors (Lipinski definition) is 1. The molecule has 0 saturated carbocycles. The molecular weight excluding hydrogens is 284 g/mol. The molecule has 5 heteroatoms. The lowest BCUT2D eigenvalue weighted by Crippen LogP contribution is -2.33. The fourth-order valence-electron chi connectivity index (χ4n) is 1.85. The number of carbonyl (C=O) groups excluding carboxylic acids is 1. The number of pyridine rings is 1. The molecule has 0 radical (unpaired) electrons. The molecule has 112 valence electrons. The van der Waals surface area contributed by atoms with Crippen LogP contribution in [0.5, 0.6) is 0 Å². The van der Waals surface area contributed by atoms with Gasteiger partial charge in [-0.3, -0.25) is 9.00 Å². The largest absolute Gasteiger partial charge is 0.350 e. The molecule has 1 atom stereocenters. The van der Waals surface area contributed by atoms with Crippen molar-refractivity contribution in [3.8, 4) is 0 Å². The van der Waals surface area contributed by atoms with E-state index in [0.717, 1.165) is 10.9 Å². The third-order valence-electron chi connectivity index (χ3n) is 3.09. The highest BCUT2D eigenvalue weighted by molar-refractivity contribution is 7.86. The highest BCUT2D eigenvalue weighted by atomic mass is 32.2. The van der Waals surface area contributed by atoms with E-state index in [4.69, 9.17) is 0 Å². The van der Waals surface area contributed by atoms with Crippen molar-refractivity contribution in [3.63, 3.8) is 0 Å². The van der Waals surface area contributed by atoms with Crippen molar-refractivity contribution in [2.75, 3.05) is 12.3 Å². The summed E-state index contributed by atoms with van der Waals surface area (Å²) in [6.07, 6.45) is 0. The number of para-hydroxylation sites is 1. The standard InChI is InChI=1S/C16H20N2O2S/c1-16(2,3)21(20)11-10-17-15(19)14-9-8-12-6-4-5-7-13(12)18-14/h4-9H,10-11H2,1-3H3,(H,17,19). The summed E-state index contributed by atoms with van der Waals surface area (Å²) < 4.78 is 11.6. The second-order valence-electron chi connectivity index (χ2n) is 5.81. The van der Waals surface area contributed by atoms with Gasteiger partial charge in [-0.1, -0.05) is 24.3 Å². The van der Waals surface area contributed by atoms with Crippen LogP contribution in [0.2, 0.25) is 0 Å². The smallest absolute Gasteiger partial charge is 0.269 e. The summed E-state index contributed by atoms with van der Waals surface area (Å²) in [5, 5.41) is 3.77. The van der Waals surface area contributed by atoms with Crippen LogP contribution in [-0.2, 0) is 10.8 Å². The van der Waals surface area contributed by atoms with Crippen molar-refractivity contribution < 1.29 is 9.00 Å². The van der Waals surface area contributed by atoms with Gasteiger partial charge in [-0.05, 0) is 32.9 Å². The van der Waals surface area contributed by atoms with Crippen molar-refractivity contribution in [1.82, 2.24) is 10.3 Å². The third-order valence-corrected chi connectivity index (χ3v) is 5.03. The Bertz CT molecular complexity index is 677. The number of fused-ring (bicyclic) bond motifs is 1. The van der Waals surface area contributed by atoms with Gasteiger partial charge in [0.15, 0.2) is 0 Å². The van der Waals surface area contributed by atoms with Crippen LogP contribution in [0.1, 0.15) is 31.3 Å². The second-order valence-corrected chi connectivity index (χ2v) is 8.13. The molecule has 0 aliphatic rings. The van der Waals surface area contributed by atoms with E-state index in [0.29, 0.717) is 18.0 Å². The van der Waals surface area contributed by atoms with Crippen molar-refractivity contribution in [2.24, 2.45) is 0 Å². The number of nitrogens with one attached hydrogen (secondary N) is 1. The first kappa shape index (κ1) is 15.6. The van der Waals surface area contributed by atoms with Gasteiger partial charge in [0.05, 0.1) is 5.52 Å². The Kier molecular flexibility index (Phi) is 4.73. The molecule has 0 aliphatic heterocycles. The van der Waals surface area contributed by atoms with Crippen molar-refractivity contribution in [3.05, 3.63) is 42.1 Å². The van der Waals surface area contributed by atoms with E-state index in [-0.39, 0.29) is 10.7 Å². The minimum absolute atomic E-state index is 0.230. The third kappa shape index (κ3) is 4.11. The van der Waals surface area contributed by atoms with Crippen molar-refractivity contribution in [1.29, 1.82) is 0 Å². The molecular formula is C16H20N2O2S. The Morgan fingerprint density at radius 3 is 2.62 bits per heavy atom. The number of nitrogens with zero attached hydrogens (tertiary/aromatic N) is 1. The first-order valence-electron chi connectivity index (χ1n) is 6.90. The van der Waals surface area contributed by atoms with Gasteiger partial charge in [0, 0.05) is 33.2 Å². The SMILES string of the molecule is CC(C)(C)S(=O)CCNC(=O)c1ccc2ccccc2n1. The van der Waals surface area contributed by atoms with E-state index in [1.54, 1.807) is 6.07 Å². The lowest BCUT2D eigenvalue weighted by molar-refractivity contribution is 0.0951. The zero-order valence-corrected chi connectivity index (χ0v) is 13.4. The molecule has 2 rings (SSSR count).